The van der Waals surface area contributed by atoms with Crippen LogP contribution in [0.15, 0.2) is 60.0 Å². The minimum atomic E-state index is -1.11. The van der Waals surface area contributed by atoms with Crippen molar-refractivity contribution in [3.05, 3.63) is 70.4 Å². The Morgan fingerprint density at radius 3 is 2.62 bits per heavy atom. The highest BCUT2D eigenvalue weighted by Crippen LogP contribution is 2.43. The number of aromatic nitrogens is 2. The molecule has 0 aliphatic heterocycles. The summed E-state index contributed by atoms with van der Waals surface area (Å²) in [5.74, 6) is -1.47. The van der Waals surface area contributed by atoms with Gasteiger partial charge in [0, 0.05) is 9.58 Å². The van der Waals surface area contributed by atoms with E-state index in [4.69, 9.17) is 15.6 Å². The van der Waals surface area contributed by atoms with Crippen LogP contribution < -0.4 is 10.5 Å². The first-order valence-corrected chi connectivity index (χ1v) is 11.3. The second-order valence-corrected chi connectivity index (χ2v) is 9.17. The van der Waals surface area contributed by atoms with Crippen molar-refractivity contribution in [1.82, 2.24) is 9.78 Å². The number of hydrogen-bond donors (Lipinski definition) is 2. The van der Waals surface area contributed by atoms with Crippen LogP contribution in [0.4, 0.5) is 0 Å². The molecular weight excluding hydrogens is 446 g/mol. The normalized spacial score (nSPS) is 12.3. The zero-order chi connectivity index (χ0) is 22.4. The Hall–Kier alpha value is -3.69. The third-order valence-electron chi connectivity index (χ3n) is 5.25. The number of carbonyl (C=O) groups excluding carboxylic acids is 1. The van der Waals surface area contributed by atoms with Gasteiger partial charge in [-0.3, -0.25) is 4.79 Å². The minimum Gasteiger partial charge on any atom is -0.495 e. The van der Waals surface area contributed by atoms with Crippen LogP contribution in [-0.4, -0.2) is 33.9 Å². The number of primary amides is 1. The molecule has 3 heterocycles. The molecule has 5 rings (SSSR count). The third-order valence-corrected chi connectivity index (χ3v) is 7.29. The summed E-state index contributed by atoms with van der Waals surface area (Å²) in [5, 5.41) is 18.0. The van der Waals surface area contributed by atoms with Crippen molar-refractivity contribution in [1.29, 1.82) is 0 Å². The molecule has 0 fully saturated rings. The number of carboxylic acid groups (broad SMARTS) is 1. The Labute approximate surface area is 190 Å². The first-order chi connectivity index (χ1) is 15.5. The average Bonchev–Trinajstić information content (AvgIpc) is 3.51. The summed E-state index contributed by atoms with van der Waals surface area (Å²) in [4.78, 5) is 26.0. The lowest BCUT2D eigenvalue weighted by atomic mass is 10.1. The minimum absolute atomic E-state index is 0.0219. The highest BCUT2D eigenvalue weighted by molar-refractivity contribution is 7.22. The number of thiophene rings is 2. The van der Waals surface area contributed by atoms with E-state index >= 15 is 0 Å². The first-order valence-electron chi connectivity index (χ1n) is 9.63. The zero-order valence-corrected chi connectivity index (χ0v) is 18.4. The van der Waals surface area contributed by atoms with Gasteiger partial charge in [0.1, 0.15) is 17.0 Å². The molecule has 1 amide bonds. The van der Waals surface area contributed by atoms with Crippen molar-refractivity contribution >= 4 is 55.5 Å². The Bertz CT molecular complexity index is 1450. The predicted octanol–water partition coefficient (Wildman–Crippen LogP) is 4.76. The molecule has 0 spiro atoms. The molecule has 3 N–H and O–H groups in total. The average molecular weight is 464 g/mol. The number of carboxylic acids is 1. The van der Waals surface area contributed by atoms with Gasteiger partial charge >= 0.3 is 5.97 Å². The number of fused-ring (bicyclic) bond motifs is 2. The highest BCUT2D eigenvalue weighted by atomic mass is 32.1. The number of methoxy groups -OCH3 is 1. The third kappa shape index (κ3) is 3.14. The molecule has 1 atom stereocenters. The van der Waals surface area contributed by atoms with Crippen molar-refractivity contribution < 1.29 is 19.4 Å². The molecule has 0 aliphatic carbocycles. The standard InChI is InChI=1S/C23H17N3O4S2/c1-30-21-13(23(28)29)8-9-14-18(21)19(17-11-12-5-2-3-6-15(12)32-17)25-26(14)20(22(24)27)16-7-4-10-31-16/h2-11,20H,1H3,(H2,24,27)(H,28,29). The molecule has 0 saturated heterocycles. The van der Waals surface area contributed by atoms with Crippen LogP contribution in [0.1, 0.15) is 21.3 Å². The van der Waals surface area contributed by atoms with Gasteiger partial charge in [-0.1, -0.05) is 24.3 Å². The van der Waals surface area contributed by atoms with E-state index in [0.29, 0.717) is 16.6 Å². The van der Waals surface area contributed by atoms with Crippen LogP contribution in [0.3, 0.4) is 0 Å². The van der Waals surface area contributed by atoms with E-state index in [-0.39, 0.29) is 11.3 Å². The van der Waals surface area contributed by atoms with Gasteiger partial charge in [0.25, 0.3) is 0 Å². The van der Waals surface area contributed by atoms with Crippen LogP contribution >= 0.6 is 22.7 Å². The molecule has 0 radical (unpaired) electrons. The maximum absolute atomic E-state index is 12.5. The Morgan fingerprint density at radius 2 is 1.97 bits per heavy atom. The molecule has 3 aromatic heterocycles. The van der Waals surface area contributed by atoms with Gasteiger partial charge in [-0.05, 0) is 41.1 Å². The van der Waals surface area contributed by atoms with E-state index in [2.05, 4.69) is 0 Å². The summed E-state index contributed by atoms with van der Waals surface area (Å²) in [6.07, 6.45) is 0. The van der Waals surface area contributed by atoms with Crippen molar-refractivity contribution in [2.24, 2.45) is 5.73 Å². The molecule has 0 aliphatic rings. The molecular formula is C23H17N3O4S2. The van der Waals surface area contributed by atoms with Gasteiger partial charge in [-0.15, -0.1) is 22.7 Å². The summed E-state index contributed by atoms with van der Waals surface area (Å²) in [6, 6.07) is 15.9. The molecule has 5 aromatic rings. The lowest BCUT2D eigenvalue weighted by molar-refractivity contribution is -0.120. The number of amides is 1. The lowest BCUT2D eigenvalue weighted by Gasteiger charge is -2.14. The molecule has 7 nitrogen and oxygen atoms in total. The van der Waals surface area contributed by atoms with E-state index < -0.39 is 17.9 Å². The Morgan fingerprint density at radius 1 is 1.16 bits per heavy atom. The van der Waals surface area contributed by atoms with Crippen LogP contribution in [-0.2, 0) is 4.79 Å². The smallest absolute Gasteiger partial charge is 0.339 e. The van der Waals surface area contributed by atoms with Crippen LogP contribution in [0.5, 0.6) is 5.75 Å². The number of nitrogens with two attached hydrogens (primary N) is 1. The highest BCUT2D eigenvalue weighted by Gasteiger charge is 2.29. The fourth-order valence-corrected chi connectivity index (χ4v) is 5.75. The summed E-state index contributed by atoms with van der Waals surface area (Å²) in [5.41, 5.74) is 6.93. The molecule has 160 valence electrons. The number of nitrogens with zero attached hydrogens (tertiary/aromatic N) is 2. The quantitative estimate of drug-likeness (QED) is 0.377. The van der Waals surface area contributed by atoms with E-state index in [1.54, 1.807) is 10.7 Å². The van der Waals surface area contributed by atoms with Crippen molar-refractivity contribution in [2.45, 2.75) is 6.04 Å². The largest absolute Gasteiger partial charge is 0.495 e. The Kier molecular flexibility index (Phi) is 4.91. The van der Waals surface area contributed by atoms with Gasteiger partial charge in [0.2, 0.25) is 5.91 Å². The number of ether oxygens (including phenoxy) is 1. The van der Waals surface area contributed by atoms with Gasteiger partial charge in [0.05, 0.1) is 22.9 Å². The molecule has 32 heavy (non-hydrogen) atoms. The number of carbonyl (C=O) groups is 2. The van der Waals surface area contributed by atoms with Gasteiger partial charge in [-0.25, -0.2) is 9.48 Å². The molecule has 2 aromatic carbocycles. The lowest BCUT2D eigenvalue weighted by Crippen LogP contribution is -2.27. The van der Waals surface area contributed by atoms with Crippen molar-refractivity contribution in [3.8, 4) is 16.3 Å². The summed E-state index contributed by atoms with van der Waals surface area (Å²) < 4.78 is 8.20. The summed E-state index contributed by atoms with van der Waals surface area (Å²) >= 11 is 2.94. The molecule has 1 unspecified atom stereocenters. The maximum Gasteiger partial charge on any atom is 0.339 e. The van der Waals surface area contributed by atoms with Gasteiger partial charge < -0.3 is 15.6 Å². The van der Waals surface area contributed by atoms with E-state index in [0.717, 1.165) is 19.8 Å². The summed E-state index contributed by atoms with van der Waals surface area (Å²) in [7, 11) is 1.43. The Balaban J connectivity index is 1.87. The maximum atomic E-state index is 12.5. The predicted molar refractivity (Wildman–Crippen MR) is 126 cm³/mol. The molecule has 9 heteroatoms. The zero-order valence-electron chi connectivity index (χ0n) is 16.8. The van der Waals surface area contributed by atoms with Gasteiger partial charge in [-0.2, -0.15) is 5.10 Å². The number of hydrogen-bond acceptors (Lipinski definition) is 6. The van der Waals surface area contributed by atoms with Crippen LogP contribution in [0.25, 0.3) is 31.6 Å². The number of benzene rings is 2. The SMILES string of the molecule is COc1c(C(=O)O)ccc2c1c(-c1cc3ccccc3s1)nn2C(C(N)=O)c1cccs1. The van der Waals surface area contributed by atoms with E-state index in [1.807, 2.05) is 47.8 Å². The molecule has 0 saturated carbocycles. The molecule has 0 bridgehead atoms. The number of rotatable bonds is 6. The van der Waals surface area contributed by atoms with Crippen LogP contribution in [0.2, 0.25) is 0 Å². The van der Waals surface area contributed by atoms with Gasteiger partial charge in [0.15, 0.2) is 6.04 Å². The number of aromatic carboxylic acids is 1. The van der Waals surface area contributed by atoms with Crippen molar-refractivity contribution in [3.63, 3.8) is 0 Å². The monoisotopic (exact) mass is 463 g/mol. The fourth-order valence-electron chi connectivity index (χ4n) is 3.88. The second kappa shape index (κ2) is 7.77. The fraction of sp³-hybridized carbons (Fsp3) is 0.0870. The first kappa shape index (κ1) is 20.2. The van der Waals surface area contributed by atoms with E-state index in [1.165, 1.54) is 35.8 Å². The second-order valence-electron chi connectivity index (χ2n) is 7.11. The van der Waals surface area contributed by atoms with E-state index in [9.17, 15) is 14.7 Å². The summed E-state index contributed by atoms with van der Waals surface area (Å²) in [6.45, 7) is 0. The topological polar surface area (TPSA) is 107 Å². The van der Waals surface area contributed by atoms with Crippen molar-refractivity contribution in [2.75, 3.05) is 7.11 Å². The van der Waals surface area contributed by atoms with Crippen LogP contribution in [0, 0.1) is 0 Å².